The summed E-state index contributed by atoms with van der Waals surface area (Å²) < 4.78 is 26.2. The fourth-order valence-corrected chi connectivity index (χ4v) is 2.64. The molecule has 0 N–H and O–H groups in total. The van der Waals surface area contributed by atoms with Crippen molar-refractivity contribution in [1.82, 2.24) is 0 Å². The van der Waals surface area contributed by atoms with E-state index in [0.717, 1.165) is 16.5 Å². The molecule has 0 atom stereocenters. The molecule has 0 saturated heterocycles. The summed E-state index contributed by atoms with van der Waals surface area (Å²) in [5, 5.41) is 0. The van der Waals surface area contributed by atoms with Gasteiger partial charge < -0.3 is 0 Å². The van der Waals surface area contributed by atoms with Crippen molar-refractivity contribution in [2.75, 3.05) is 6.26 Å². The molecule has 0 unspecified atom stereocenters. The lowest BCUT2D eigenvalue weighted by atomic mass is 10.0. The first kappa shape index (κ1) is 14.7. The molecule has 0 bridgehead atoms. The predicted octanol–water partition coefficient (Wildman–Crippen LogP) is 4.42. The predicted molar refractivity (Wildman–Crippen MR) is 77.4 cm³/mol. The van der Waals surface area contributed by atoms with Crippen molar-refractivity contribution in [2.24, 2.45) is 0 Å². The molecule has 0 fully saturated rings. The fraction of sp³-hybridized carbons (Fsp3) is 0.188. The highest BCUT2D eigenvalue weighted by Crippen LogP contribution is 2.21. The molecule has 0 aliphatic heterocycles. The number of aryl methyl sites for hydroxylation is 1. The Balaban J connectivity index is 2.21. The second-order valence-corrected chi connectivity index (χ2v) is 5.41. The van der Waals surface area contributed by atoms with Crippen LogP contribution in [-0.4, -0.2) is 12.0 Å². The molecular weight excluding hydrogens is 278 g/mol. The Hall–Kier alpha value is -1.68. The van der Waals surface area contributed by atoms with Crippen molar-refractivity contribution in [3.05, 3.63) is 64.7 Å². The zero-order valence-electron chi connectivity index (χ0n) is 11.2. The molecular formula is C16H14F2OS. The first-order valence-corrected chi connectivity index (χ1v) is 7.35. The maximum atomic E-state index is 13.1. The molecule has 0 heterocycles. The van der Waals surface area contributed by atoms with Gasteiger partial charge in [0.25, 0.3) is 0 Å². The number of thioether (sulfide) groups is 1. The summed E-state index contributed by atoms with van der Waals surface area (Å²) >= 11 is 1.61. The third kappa shape index (κ3) is 3.45. The number of hydrogen-bond acceptors (Lipinski definition) is 2. The lowest BCUT2D eigenvalue weighted by molar-refractivity contribution is 0.0992. The second kappa shape index (κ2) is 6.18. The number of carbonyl (C=O) groups excluding carboxylic acids is 1. The number of Topliss-reactive ketones (excluding diaryl/α,β-unsaturated/α-hetero) is 1. The molecule has 0 saturated carbocycles. The molecule has 0 radical (unpaired) electrons. The second-order valence-electron chi connectivity index (χ2n) is 4.56. The van der Waals surface area contributed by atoms with Crippen LogP contribution in [0.2, 0.25) is 0 Å². The van der Waals surface area contributed by atoms with E-state index in [0.29, 0.717) is 11.1 Å². The van der Waals surface area contributed by atoms with Gasteiger partial charge in [-0.05, 0) is 48.6 Å². The zero-order valence-corrected chi connectivity index (χ0v) is 12.1. The van der Waals surface area contributed by atoms with E-state index >= 15 is 0 Å². The maximum absolute atomic E-state index is 13.1. The monoisotopic (exact) mass is 292 g/mol. The molecule has 0 aromatic heterocycles. The highest BCUT2D eigenvalue weighted by atomic mass is 32.2. The van der Waals surface area contributed by atoms with Gasteiger partial charge >= 0.3 is 0 Å². The molecule has 2 aromatic rings. The van der Waals surface area contributed by atoms with Crippen molar-refractivity contribution in [3.8, 4) is 0 Å². The summed E-state index contributed by atoms with van der Waals surface area (Å²) in [7, 11) is 0. The first-order valence-electron chi connectivity index (χ1n) is 6.12. The topological polar surface area (TPSA) is 17.1 Å². The minimum Gasteiger partial charge on any atom is -0.294 e. The van der Waals surface area contributed by atoms with Crippen LogP contribution in [0.25, 0.3) is 0 Å². The van der Waals surface area contributed by atoms with E-state index in [1.54, 1.807) is 17.8 Å². The normalized spacial score (nSPS) is 10.6. The first-order chi connectivity index (χ1) is 9.49. The highest BCUT2D eigenvalue weighted by Gasteiger charge is 2.10. The summed E-state index contributed by atoms with van der Waals surface area (Å²) in [5.74, 6) is -1.48. The van der Waals surface area contributed by atoms with E-state index < -0.39 is 11.6 Å². The third-order valence-corrected chi connectivity index (χ3v) is 3.90. The Bertz CT molecular complexity index is 633. The van der Waals surface area contributed by atoms with Crippen molar-refractivity contribution in [3.63, 3.8) is 0 Å². The van der Waals surface area contributed by atoms with Gasteiger partial charge in [0.05, 0.1) is 0 Å². The number of carbonyl (C=O) groups is 1. The van der Waals surface area contributed by atoms with Crippen LogP contribution in [0.3, 0.4) is 0 Å². The SMILES string of the molecule is CSc1ccc(C(=O)Cc2cc(F)cc(F)c2)cc1C. The van der Waals surface area contributed by atoms with Gasteiger partial charge in [0.2, 0.25) is 0 Å². The third-order valence-electron chi connectivity index (χ3n) is 3.00. The van der Waals surface area contributed by atoms with E-state index in [-0.39, 0.29) is 12.2 Å². The summed E-state index contributed by atoms with van der Waals surface area (Å²) in [5.41, 5.74) is 1.93. The molecule has 1 nitrogen and oxygen atoms in total. The van der Waals surface area contributed by atoms with Gasteiger partial charge in [-0.2, -0.15) is 0 Å². The van der Waals surface area contributed by atoms with Crippen LogP contribution in [0.4, 0.5) is 8.78 Å². The van der Waals surface area contributed by atoms with Gasteiger partial charge in [-0.3, -0.25) is 4.79 Å². The van der Waals surface area contributed by atoms with E-state index in [9.17, 15) is 13.6 Å². The molecule has 2 aromatic carbocycles. The maximum Gasteiger partial charge on any atom is 0.167 e. The van der Waals surface area contributed by atoms with Crippen LogP contribution < -0.4 is 0 Å². The number of ketones is 1. The zero-order chi connectivity index (χ0) is 14.7. The van der Waals surface area contributed by atoms with E-state index in [1.807, 2.05) is 25.3 Å². The largest absolute Gasteiger partial charge is 0.294 e. The summed E-state index contributed by atoms with van der Waals surface area (Å²) in [6, 6.07) is 8.61. The Morgan fingerprint density at radius 1 is 1.10 bits per heavy atom. The number of hydrogen-bond donors (Lipinski definition) is 0. The van der Waals surface area contributed by atoms with Gasteiger partial charge in [-0.25, -0.2) is 8.78 Å². The van der Waals surface area contributed by atoms with Crippen molar-refractivity contribution >= 4 is 17.5 Å². The van der Waals surface area contributed by atoms with Crippen molar-refractivity contribution < 1.29 is 13.6 Å². The molecule has 20 heavy (non-hydrogen) atoms. The molecule has 4 heteroatoms. The smallest absolute Gasteiger partial charge is 0.167 e. The summed E-state index contributed by atoms with van der Waals surface area (Å²) in [6.45, 7) is 1.93. The molecule has 104 valence electrons. The van der Waals surface area contributed by atoms with Crippen LogP contribution in [0.5, 0.6) is 0 Å². The molecule has 0 spiro atoms. The molecule has 0 aliphatic rings. The van der Waals surface area contributed by atoms with Gasteiger partial charge in [0.1, 0.15) is 11.6 Å². The molecule has 0 amide bonds. The van der Waals surface area contributed by atoms with Gasteiger partial charge in [-0.15, -0.1) is 11.8 Å². The average molecular weight is 292 g/mol. The Morgan fingerprint density at radius 2 is 1.75 bits per heavy atom. The summed E-state index contributed by atoms with van der Waals surface area (Å²) in [4.78, 5) is 13.2. The van der Waals surface area contributed by atoms with Crippen LogP contribution in [0, 0.1) is 18.6 Å². The van der Waals surface area contributed by atoms with Crippen LogP contribution >= 0.6 is 11.8 Å². The van der Waals surface area contributed by atoms with Gasteiger partial charge in [0, 0.05) is 22.9 Å². The van der Waals surface area contributed by atoms with Crippen molar-refractivity contribution in [1.29, 1.82) is 0 Å². The number of rotatable bonds is 4. The Labute approximate surface area is 121 Å². The Kier molecular flexibility index (Phi) is 4.55. The van der Waals surface area contributed by atoms with Gasteiger partial charge in [-0.1, -0.05) is 6.07 Å². The van der Waals surface area contributed by atoms with E-state index in [1.165, 1.54) is 12.1 Å². The van der Waals surface area contributed by atoms with Crippen LogP contribution in [0.1, 0.15) is 21.5 Å². The van der Waals surface area contributed by atoms with Crippen LogP contribution in [0.15, 0.2) is 41.3 Å². The van der Waals surface area contributed by atoms with E-state index in [4.69, 9.17) is 0 Å². The quantitative estimate of drug-likeness (QED) is 0.613. The van der Waals surface area contributed by atoms with Crippen molar-refractivity contribution in [2.45, 2.75) is 18.2 Å². The molecule has 2 rings (SSSR count). The number of halogens is 2. The number of benzene rings is 2. The minimum atomic E-state index is -0.665. The van der Waals surface area contributed by atoms with E-state index in [2.05, 4.69) is 0 Å². The van der Waals surface area contributed by atoms with Gasteiger partial charge in [0.15, 0.2) is 5.78 Å². The summed E-state index contributed by atoms with van der Waals surface area (Å²) in [6.07, 6.45) is 1.96. The molecule has 0 aliphatic carbocycles. The minimum absolute atomic E-state index is 0.00721. The lowest BCUT2D eigenvalue weighted by Crippen LogP contribution is -2.05. The fourth-order valence-electron chi connectivity index (χ4n) is 2.05. The van der Waals surface area contributed by atoms with Crippen LogP contribution in [-0.2, 0) is 6.42 Å². The average Bonchev–Trinajstić information content (AvgIpc) is 2.37. The standard InChI is InChI=1S/C16H14F2OS/c1-10-5-12(3-4-16(10)20-2)15(19)8-11-6-13(17)9-14(18)7-11/h3-7,9H,8H2,1-2H3. The lowest BCUT2D eigenvalue weighted by Gasteiger charge is -2.06. The highest BCUT2D eigenvalue weighted by molar-refractivity contribution is 7.98. The Morgan fingerprint density at radius 3 is 2.30 bits per heavy atom.